The van der Waals surface area contributed by atoms with Gasteiger partial charge >= 0.3 is 5.69 Å². The Morgan fingerprint density at radius 1 is 1.19 bits per heavy atom. The first-order valence-electron chi connectivity index (χ1n) is 8.66. The maximum absolute atomic E-state index is 12.2. The monoisotopic (exact) mass is 357 g/mol. The smallest absolute Gasteiger partial charge is 0.335 e. The van der Waals surface area contributed by atoms with E-state index in [-0.39, 0.29) is 5.56 Å². The lowest BCUT2D eigenvalue weighted by atomic mass is 10.2. The number of aromatic hydroxyl groups is 1. The average molecular weight is 357 g/mol. The van der Waals surface area contributed by atoms with E-state index in [0.717, 1.165) is 37.3 Å². The molecule has 3 N–H and O–H groups in total. The molecule has 0 amide bonds. The van der Waals surface area contributed by atoms with Crippen molar-refractivity contribution in [3.8, 4) is 11.6 Å². The standard InChI is InChI=1S/C18H23N5O3/c1-13(20-9-12-22-10-7-19-8-11-22)15-16(24)21-18(26)23(17(15)25)14-5-3-2-4-6-14/h2-6,19,25H,7-12H2,1H3,(H,21,24,26). The van der Waals surface area contributed by atoms with Crippen LogP contribution in [-0.2, 0) is 0 Å². The van der Waals surface area contributed by atoms with Crippen molar-refractivity contribution in [2.45, 2.75) is 6.92 Å². The van der Waals surface area contributed by atoms with Crippen molar-refractivity contribution >= 4 is 5.71 Å². The topological polar surface area (TPSA) is 103 Å². The molecule has 2 aromatic rings. The summed E-state index contributed by atoms with van der Waals surface area (Å²) in [4.78, 5) is 33.4. The molecule has 1 aliphatic heterocycles. The molecule has 26 heavy (non-hydrogen) atoms. The predicted molar refractivity (Wildman–Crippen MR) is 101 cm³/mol. The Bertz CT molecular complexity index is 895. The molecule has 0 bridgehead atoms. The molecule has 0 saturated carbocycles. The number of piperazine rings is 1. The van der Waals surface area contributed by atoms with Crippen molar-refractivity contribution < 1.29 is 5.11 Å². The van der Waals surface area contributed by atoms with Gasteiger partial charge in [-0.3, -0.25) is 19.7 Å². The maximum atomic E-state index is 12.2. The van der Waals surface area contributed by atoms with Crippen LogP contribution in [0.1, 0.15) is 12.5 Å². The fourth-order valence-electron chi connectivity index (χ4n) is 3.04. The summed E-state index contributed by atoms with van der Waals surface area (Å²) in [7, 11) is 0. The van der Waals surface area contributed by atoms with E-state index in [4.69, 9.17) is 0 Å². The number of rotatable bonds is 5. The summed E-state index contributed by atoms with van der Waals surface area (Å²) >= 11 is 0. The summed E-state index contributed by atoms with van der Waals surface area (Å²) in [5.41, 5.74) is -0.419. The van der Waals surface area contributed by atoms with Gasteiger partial charge in [-0.15, -0.1) is 0 Å². The molecule has 0 unspecified atom stereocenters. The molecule has 1 aliphatic rings. The Morgan fingerprint density at radius 3 is 2.58 bits per heavy atom. The average Bonchev–Trinajstić information content (AvgIpc) is 2.63. The number of aliphatic imine (C=N–C) groups is 1. The molecule has 0 radical (unpaired) electrons. The van der Waals surface area contributed by atoms with Crippen LogP contribution < -0.4 is 16.6 Å². The predicted octanol–water partition coefficient (Wildman–Crippen LogP) is -0.0544. The molecule has 138 valence electrons. The van der Waals surface area contributed by atoms with Gasteiger partial charge in [-0.1, -0.05) is 18.2 Å². The molecule has 3 rings (SSSR count). The normalized spacial score (nSPS) is 16.0. The first-order valence-corrected chi connectivity index (χ1v) is 8.66. The van der Waals surface area contributed by atoms with Gasteiger partial charge in [0, 0.05) is 38.4 Å². The van der Waals surface area contributed by atoms with Crippen LogP contribution in [0.4, 0.5) is 0 Å². The van der Waals surface area contributed by atoms with Crippen LogP contribution in [0.25, 0.3) is 5.69 Å². The molecule has 8 nitrogen and oxygen atoms in total. The van der Waals surface area contributed by atoms with Crippen molar-refractivity contribution in [3.63, 3.8) is 0 Å². The molecule has 0 atom stereocenters. The zero-order valence-electron chi connectivity index (χ0n) is 14.7. The van der Waals surface area contributed by atoms with Gasteiger partial charge in [0.1, 0.15) is 5.56 Å². The fourth-order valence-corrected chi connectivity index (χ4v) is 3.04. The van der Waals surface area contributed by atoms with E-state index in [1.807, 2.05) is 0 Å². The summed E-state index contributed by atoms with van der Waals surface area (Å²) in [5.74, 6) is -0.395. The van der Waals surface area contributed by atoms with Crippen molar-refractivity contribution in [1.29, 1.82) is 0 Å². The minimum absolute atomic E-state index is 0.0220. The summed E-state index contributed by atoms with van der Waals surface area (Å²) in [5, 5.41) is 13.9. The van der Waals surface area contributed by atoms with E-state index < -0.39 is 17.1 Å². The van der Waals surface area contributed by atoms with E-state index in [1.165, 1.54) is 0 Å². The molecule has 1 fully saturated rings. The number of nitrogens with zero attached hydrogens (tertiary/aromatic N) is 3. The number of aromatic amines is 1. The first kappa shape index (κ1) is 18.1. The van der Waals surface area contributed by atoms with Gasteiger partial charge < -0.3 is 10.4 Å². The summed E-state index contributed by atoms with van der Waals surface area (Å²) in [6.07, 6.45) is 0. The summed E-state index contributed by atoms with van der Waals surface area (Å²) in [6, 6.07) is 8.67. The van der Waals surface area contributed by atoms with Crippen LogP contribution in [0.15, 0.2) is 44.9 Å². The van der Waals surface area contributed by atoms with Gasteiger partial charge in [-0.25, -0.2) is 9.36 Å². The summed E-state index contributed by atoms with van der Waals surface area (Å²) in [6.45, 7) is 6.85. The Balaban J connectivity index is 1.88. The van der Waals surface area contributed by atoms with Crippen LogP contribution in [0.2, 0.25) is 0 Å². The molecule has 1 aromatic carbocycles. The second-order valence-corrected chi connectivity index (χ2v) is 6.19. The minimum Gasteiger partial charge on any atom is -0.493 e. The number of hydrogen-bond acceptors (Lipinski definition) is 6. The highest BCUT2D eigenvalue weighted by atomic mass is 16.3. The van der Waals surface area contributed by atoms with Crippen LogP contribution in [0.3, 0.4) is 0 Å². The van der Waals surface area contributed by atoms with Gasteiger partial charge in [0.15, 0.2) is 0 Å². The Hall–Kier alpha value is -2.71. The number of hydrogen-bond donors (Lipinski definition) is 3. The number of aromatic nitrogens is 2. The maximum Gasteiger partial charge on any atom is 0.335 e. The molecule has 2 heterocycles. The van der Waals surface area contributed by atoms with Crippen molar-refractivity contribution in [2.75, 3.05) is 39.3 Å². The second kappa shape index (κ2) is 8.11. The zero-order chi connectivity index (χ0) is 18.5. The second-order valence-electron chi connectivity index (χ2n) is 6.19. The molecule has 0 aliphatic carbocycles. The van der Waals surface area contributed by atoms with E-state index in [2.05, 4.69) is 20.2 Å². The van der Waals surface area contributed by atoms with Crippen LogP contribution in [0, 0.1) is 0 Å². The first-order chi connectivity index (χ1) is 12.6. The highest BCUT2D eigenvalue weighted by molar-refractivity contribution is 6.00. The number of nitrogens with one attached hydrogen (secondary N) is 2. The molecule has 1 aromatic heterocycles. The lowest BCUT2D eigenvalue weighted by molar-refractivity contribution is 0.247. The lowest BCUT2D eigenvalue weighted by Crippen LogP contribution is -2.44. The van der Waals surface area contributed by atoms with Crippen molar-refractivity contribution in [1.82, 2.24) is 19.8 Å². The number of benzene rings is 1. The van der Waals surface area contributed by atoms with Crippen LogP contribution in [0.5, 0.6) is 5.88 Å². The zero-order valence-corrected chi connectivity index (χ0v) is 14.7. The largest absolute Gasteiger partial charge is 0.493 e. The quantitative estimate of drug-likeness (QED) is 0.651. The Labute approximate surface area is 150 Å². The van der Waals surface area contributed by atoms with Crippen LogP contribution in [-0.4, -0.2) is 64.5 Å². The molecular formula is C18H23N5O3. The van der Waals surface area contributed by atoms with E-state index in [1.54, 1.807) is 37.3 Å². The van der Waals surface area contributed by atoms with E-state index in [0.29, 0.717) is 17.9 Å². The molecular weight excluding hydrogens is 334 g/mol. The van der Waals surface area contributed by atoms with Gasteiger partial charge in [-0.05, 0) is 19.1 Å². The van der Waals surface area contributed by atoms with Crippen molar-refractivity contribution in [3.05, 3.63) is 56.7 Å². The minimum atomic E-state index is -0.684. The summed E-state index contributed by atoms with van der Waals surface area (Å²) < 4.78 is 1.08. The van der Waals surface area contributed by atoms with Gasteiger partial charge in [0.2, 0.25) is 5.88 Å². The van der Waals surface area contributed by atoms with Gasteiger partial charge in [0.05, 0.1) is 12.2 Å². The van der Waals surface area contributed by atoms with Gasteiger partial charge in [0.25, 0.3) is 5.56 Å². The number of H-pyrrole nitrogens is 1. The third-order valence-electron chi connectivity index (χ3n) is 4.44. The van der Waals surface area contributed by atoms with E-state index >= 15 is 0 Å². The Morgan fingerprint density at radius 2 is 1.88 bits per heavy atom. The molecule has 0 spiro atoms. The Kier molecular flexibility index (Phi) is 5.65. The SMILES string of the molecule is CC(=NCCN1CCNCC1)c1c(O)n(-c2ccccc2)c(=O)[nH]c1=O. The van der Waals surface area contributed by atoms with E-state index in [9.17, 15) is 14.7 Å². The number of para-hydroxylation sites is 1. The molecule has 1 saturated heterocycles. The highest BCUT2D eigenvalue weighted by Gasteiger charge is 2.17. The third kappa shape index (κ3) is 3.92. The van der Waals surface area contributed by atoms with Crippen LogP contribution >= 0.6 is 0 Å². The van der Waals surface area contributed by atoms with Gasteiger partial charge in [-0.2, -0.15) is 0 Å². The third-order valence-corrected chi connectivity index (χ3v) is 4.44. The fraction of sp³-hybridized carbons (Fsp3) is 0.389. The highest BCUT2D eigenvalue weighted by Crippen LogP contribution is 2.16. The van der Waals surface area contributed by atoms with Crippen molar-refractivity contribution in [2.24, 2.45) is 4.99 Å². The molecule has 8 heteroatoms. The lowest BCUT2D eigenvalue weighted by Gasteiger charge is -2.26.